The van der Waals surface area contributed by atoms with E-state index in [1.54, 1.807) is 0 Å². The summed E-state index contributed by atoms with van der Waals surface area (Å²) in [5, 5.41) is 10.9. The quantitative estimate of drug-likeness (QED) is 0.805. The van der Waals surface area contributed by atoms with Gasteiger partial charge in [-0.05, 0) is 49.6 Å². The molecule has 17 heavy (non-hydrogen) atoms. The molecule has 0 radical (unpaired) electrons. The average molecular weight is 235 g/mol. The van der Waals surface area contributed by atoms with E-state index in [0.29, 0.717) is 0 Å². The minimum atomic E-state index is -0.820. The van der Waals surface area contributed by atoms with Crippen LogP contribution in [0.15, 0.2) is 18.2 Å². The highest BCUT2D eigenvalue weighted by molar-refractivity contribution is 5.30. The molecule has 2 fully saturated rings. The molecular formula is C14H18FNO. The summed E-state index contributed by atoms with van der Waals surface area (Å²) < 4.78 is 13.5. The lowest BCUT2D eigenvalue weighted by Crippen LogP contribution is -2.44. The van der Waals surface area contributed by atoms with Crippen molar-refractivity contribution in [3.63, 3.8) is 0 Å². The zero-order valence-electron chi connectivity index (χ0n) is 10.1. The largest absolute Gasteiger partial charge is 0.385 e. The van der Waals surface area contributed by atoms with Gasteiger partial charge in [-0.1, -0.05) is 6.07 Å². The molecule has 0 spiro atoms. The van der Waals surface area contributed by atoms with Gasteiger partial charge < -0.3 is 10.0 Å². The molecule has 0 amide bonds. The predicted molar refractivity (Wildman–Crippen MR) is 64.2 cm³/mol. The Kier molecular flexibility index (Phi) is 2.49. The highest BCUT2D eigenvalue weighted by Crippen LogP contribution is 2.42. The third-order valence-electron chi connectivity index (χ3n) is 4.30. The Bertz CT molecular complexity index is 428. The van der Waals surface area contributed by atoms with E-state index in [1.165, 1.54) is 12.1 Å². The first-order valence-corrected chi connectivity index (χ1v) is 6.30. The Morgan fingerprint density at radius 1 is 1.35 bits per heavy atom. The lowest BCUT2D eigenvalue weighted by Gasteiger charge is -2.39. The smallest absolute Gasteiger partial charge is 0.123 e. The van der Waals surface area contributed by atoms with Crippen LogP contribution >= 0.6 is 0 Å². The van der Waals surface area contributed by atoms with Crippen molar-refractivity contribution in [3.8, 4) is 0 Å². The molecule has 2 aliphatic rings. The van der Waals surface area contributed by atoms with E-state index in [2.05, 4.69) is 4.90 Å². The number of aryl methyl sites for hydroxylation is 1. The van der Waals surface area contributed by atoms with Crippen LogP contribution in [0.25, 0.3) is 0 Å². The van der Waals surface area contributed by atoms with Crippen LogP contribution in [0.3, 0.4) is 0 Å². The number of rotatable bonds is 1. The molecular weight excluding hydrogens is 217 g/mol. The Labute approximate surface area is 101 Å². The fraction of sp³-hybridized carbons (Fsp3) is 0.571. The van der Waals surface area contributed by atoms with Crippen LogP contribution in [0, 0.1) is 18.7 Å². The summed E-state index contributed by atoms with van der Waals surface area (Å²) >= 11 is 0. The summed E-state index contributed by atoms with van der Waals surface area (Å²) in [6, 6.07) is 4.94. The molecule has 2 bridgehead atoms. The number of fused-ring (bicyclic) bond motifs is 2. The van der Waals surface area contributed by atoms with Crippen LogP contribution in [0.5, 0.6) is 0 Å². The molecule has 2 saturated heterocycles. The number of nitrogens with zero attached hydrogens (tertiary/aromatic N) is 1. The maximum absolute atomic E-state index is 13.5. The first-order valence-electron chi connectivity index (χ1n) is 6.30. The molecule has 3 heteroatoms. The zero-order chi connectivity index (χ0) is 12.0. The standard InChI is InChI=1S/C14H18FNO/c1-10-6-12(8-13(15)7-10)14(17)3-5-16-4-2-11(14)9-16/h6-8,11,17H,2-5,9H2,1H3. The Hall–Kier alpha value is -0.930. The van der Waals surface area contributed by atoms with Crippen molar-refractivity contribution in [2.45, 2.75) is 25.4 Å². The van der Waals surface area contributed by atoms with Crippen molar-refractivity contribution in [1.82, 2.24) is 4.90 Å². The number of benzene rings is 1. The highest BCUT2D eigenvalue weighted by atomic mass is 19.1. The fourth-order valence-corrected chi connectivity index (χ4v) is 3.32. The number of hydrogen-bond donors (Lipinski definition) is 1. The Morgan fingerprint density at radius 2 is 2.18 bits per heavy atom. The lowest BCUT2D eigenvalue weighted by atomic mass is 9.76. The maximum atomic E-state index is 13.5. The summed E-state index contributed by atoms with van der Waals surface area (Å²) in [6.45, 7) is 4.82. The molecule has 0 aliphatic carbocycles. The summed E-state index contributed by atoms with van der Waals surface area (Å²) in [7, 11) is 0. The lowest BCUT2D eigenvalue weighted by molar-refractivity contribution is -0.0504. The van der Waals surface area contributed by atoms with E-state index < -0.39 is 5.60 Å². The number of aliphatic hydroxyl groups is 1. The van der Waals surface area contributed by atoms with Crippen LogP contribution in [0.4, 0.5) is 4.39 Å². The molecule has 3 rings (SSSR count). The summed E-state index contributed by atoms with van der Waals surface area (Å²) in [6.07, 6.45) is 1.74. The van der Waals surface area contributed by atoms with Crippen molar-refractivity contribution in [3.05, 3.63) is 35.1 Å². The molecule has 1 aromatic carbocycles. The topological polar surface area (TPSA) is 23.5 Å². The van der Waals surface area contributed by atoms with Gasteiger partial charge in [0, 0.05) is 19.0 Å². The average Bonchev–Trinajstić information content (AvgIpc) is 2.68. The summed E-state index contributed by atoms with van der Waals surface area (Å²) in [5.74, 6) is 0.0197. The second-order valence-electron chi connectivity index (χ2n) is 5.48. The van der Waals surface area contributed by atoms with Crippen molar-refractivity contribution in [1.29, 1.82) is 0 Å². The van der Waals surface area contributed by atoms with Gasteiger partial charge in [-0.15, -0.1) is 0 Å². The molecule has 0 saturated carbocycles. The highest BCUT2D eigenvalue weighted by Gasteiger charge is 2.46. The zero-order valence-corrected chi connectivity index (χ0v) is 10.1. The van der Waals surface area contributed by atoms with E-state index in [9.17, 15) is 9.50 Å². The van der Waals surface area contributed by atoms with Crippen molar-refractivity contribution in [2.75, 3.05) is 19.6 Å². The molecule has 2 aliphatic heterocycles. The van der Waals surface area contributed by atoms with E-state index >= 15 is 0 Å². The van der Waals surface area contributed by atoms with Gasteiger partial charge in [-0.3, -0.25) is 0 Å². The van der Waals surface area contributed by atoms with Crippen molar-refractivity contribution in [2.24, 2.45) is 5.92 Å². The maximum Gasteiger partial charge on any atom is 0.123 e. The number of hydrogen-bond acceptors (Lipinski definition) is 2. The fourth-order valence-electron chi connectivity index (χ4n) is 3.32. The molecule has 0 aromatic heterocycles. The molecule has 1 aromatic rings. The van der Waals surface area contributed by atoms with Crippen LogP contribution in [-0.2, 0) is 5.60 Å². The second kappa shape index (κ2) is 3.79. The minimum absolute atomic E-state index is 0.242. The molecule has 3 atom stereocenters. The Morgan fingerprint density at radius 3 is 2.94 bits per heavy atom. The summed E-state index contributed by atoms with van der Waals surface area (Å²) in [5.41, 5.74) is 0.829. The SMILES string of the molecule is Cc1cc(F)cc(C2(O)CCN3CCC2C3)c1. The van der Waals surface area contributed by atoms with Crippen molar-refractivity contribution < 1.29 is 9.50 Å². The van der Waals surface area contributed by atoms with Gasteiger partial charge in [0.2, 0.25) is 0 Å². The Balaban J connectivity index is 2.01. The normalized spacial score (nSPS) is 36.2. The molecule has 1 N–H and O–H groups in total. The van der Waals surface area contributed by atoms with Gasteiger partial charge in [-0.2, -0.15) is 0 Å². The molecule has 3 unspecified atom stereocenters. The molecule has 2 nitrogen and oxygen atoms in total. The van der Waals surface area contributed by atoms with E-state index in [0.717, 1.165) is 43.6 Å². The number of halogens is 1. The van der Waals surface area contributed by atoms with E-state index in [-0.39, 0.29) is 11.7 Å². The first kappa shape index (κ1) is 11.2. The van der Waals surface area contributed by atoms with Gasteiger partial charge in [-0.25, -0.2) is 4.39 Å². The third-order valence-corrected chi connectivity index (χ3v) is 4.30. The van der Waals surface area contributed by atoms with Crippen LogP contribution < -0.4 is 0 Å². The predicted octanol–water partition coefficient (Wildman–Crippen LogP) is 2.05. The van der Waals surface area contributed by atoms with Gasteiger partial charge in [0.25, 0.3) is 0 Å². The van der Waals surface area contributed by atoms with Gasteiger partial charge in [0.15, 0.2) is 0 Å². The van der Waals surface area contributed by atoms with Gasteiger partial charge >= 0.3 is 0 Å². The third kappa shape index (κ3) is 1.78. The van der Waals surface area contributed by atoms with Crippen LogP contribution in [0.2, 0.25) is 0 Å². The van der Waals surface area contributed by atoms with Gasteiger partial charge in [0.05, 0.1) is 5.60 Å². The van der Waals surface area contributed by atoms with Gasteiger partial charge in [0.1, 0.15) is 5.82 Å². The van der Waals surface area contributed by atoms with Crippen molar-refractivity contribution >= 4 is 0 Å². The van der Waals surface area contributed by atoms with Crippen LogP contribution in [-0.4, -0.2) is 29.6 Å². The van der Waals surface area contributed by atoms with E-state index in [1.807, 2.05) is 13.0 Å². The number of piperidine rings is 1. The minimum Gasteiger partial charge on any atom is -0.385 e. The second-order valence-corrected chi connectivity index (χ2v) is 5.48. The molecule has 92 valence electrons. The van der Waals surface area contributed by atoms with Crippen LogP contribution in [0.1, 0.15) is 24.0 Å². The summed E-state index contributed by atoms with van der Waals surface area (Å²) in [4.78, 5) is 2.38. The first-order chi connectivity index (χ1) is 8.08. The van der Waals surface area contributed by atoms with E-state index in [4.69, 9.17) is 0 Å². The monoisotopic (exact) mass is 235 g/mol. The molecule has 2 heterocycles.